The van der Waals surface area contributed by atoms with Crippen LogP contribution in [-0.4, -0.2) is 7.11 Å². The van der Waals surface area contributed by atoms with Crippen molar-refractivity contribution in [3.63, 3.8) is 0 Å². The van der Waals surface area contributed by atoms with Gasteiger partial charge < -0.3 is 10.5 Å². The molecule has 1 aliphatic carbocycles. The molecule has 0 saturated heterocycles. The first-order chi connectivity index (χ1) is 6.70. The van der Waals surface area contributed by atoms with Gasteiger partial charge in [-0.25, -0.2) is 0 Å². The Bertz CT molecular complexity index is 340. The summed E-state index contributed by atoms with van der Waals surface area (Å²) in [6.07, 6.45) is 2.22. The Kier molecular flexibility index (Phi) is 4.00. The van der Waals surface area contributed by atoms with Gasteiger partial charge in [0.05, 0.1) is 7.11 Å². The molecule has 2 rings (SSSR count). The molecule has 1 aromatic rings. The van der Waals surface area contributed by atoms with Crippen molar-refractivity contribution in [3.05, 3.63) is 29.3 Å². The Labute approximate surface area is 97.2 Å². The lowest BCUT2D eigenvalue weighted by atomic mass is 9.82. The Balaban J connectivity index is 0.00000112. The second kappa shape index (κ2) is 4.86. The molecule has 0 aromatic heterocycles. The molecule has 0 radical (unpaired) electrons. The van der Waals surface area contributed by atoms with Gasteiger partial charge in [-0.05, 0) is 42.0 Å². The molecule has 0 aliphatic heterocycles. The summed E-state index contributed by atoms with van der Waals surface area (Å²) in [5.74, 6) is 1.62. The van der Waals surface area contributed by atoms with Crippen LogP contribution in [0.3, 0.4) is 0 Å². The summed E-state index contributed by atoms with van der Waals surface area (Å²) in [5, 5.41) is 0. The maximum atomic E-state index is 6.09. The maximum Gasteiger partial charge on any atom is 0.119 e. The van der Waals surface area contributed by atoms with E-state index in [1.165, 1.54) is 11.1 Å². The van der Waals surface area contributed by atoms with Gasteiger partial charge in [0.2, 0.25) is 0 Å². The first kappa shape index (κ1) is 12.3. The molecule has 15 heavy (non-hydrogen) atoms. The smallest absolute Gasteiger partial charge is 0.119 e. The van der Waals surface area contributed by atoms with E-state index in [1.54, 1.807) is 7.11 Å². The van der Waals surface area contributed by atoms with E-state index in [1.807, 2.05) is 6.07 Å². The zero-order valence-electron chi connectivity index (χ0n) is 9.19. The van der Waals surface area contributed by atoms with Gasteiger partial charge in [-0.1, -0.05) is 13.0 Å². The van der Waals surface area contributed by atoms with Gasteiger partial charge in [-0.15, -0.1) is 12.4 Å². The minimum atomic E-state index is 0. The number of halogens is 1. The molecule has 3 heteroatoms. The van der Waals surface area contributed by atoms with Crippen LogP contribution in [-0.2, 0) is 6.42 Å². The predicted octanol–water partition coefficient (Wildman–Crippen LogP) is 2.70. The van der Waals surface area contributed by atoms with Gasteiger partial charge in [0.15, 0.2) is 0 Å². The van der Waals surface area contributed by atoms with Crippen LogP contribution >= 0.6 is 12.4 Å². The summed E-state index contributed by atoms with van der Waals surface area (Å²) in [6.45, 7) is 2.25. The topological polar surface area (TPSA) is 35.2 Å². The van der Waals surface area contributed by atoms with Crippen LogP contribution < -0.4 is 10.5 Å². The molecule has 84 valence electrons. The van der Waals surface area contributed by atoms with E-state index >= 15 is 0 Å². The number of benzene rings is 1. The van der Waals surface area contributed by atoms with Crippen molar-refractivity contribution in [2.45, 2.75) is 25.8 Å². The van der Waals surface area contributed by atoms with Gasteiger partial charge >= 0.3 is 0 Å². The molecule has 0 amide bonds. The fourth-order valence-electron chi connectivity index (χ4n) is 2.27. The fraction of sp³-hybridized carbons (Fsp3) is 0.500. The van der Waals surface area contributed by atoms with Gasteiger partial charge in [-0.3, -0.25) is 0 Å². The summed E-state index contributed by atoms with van der Waals surface area (Å²) in [6, 6.07) is 6.42. The number of methoxy groups -OCH3 is 1. The molecule has 2 atom stereocenters. The molecule has 0 saturated carbocycles. The third-order valence-corrected chi connectivity index (χ3v) is 2.97. The molecular formula is C12H18ClNO. The molecule has 0 fully saturated rings. The lowest BCUT2D eigenvalue weighted by molar-refractivity contribution is 0.407. The summed E-state index contributed by atoms with van der Waals surface area (Å²) in [7, 11) is 1.70. The maximum absolute atomic E-state index is 6.09. The van der Waals surface area contributed by atoms with E-state index in [4.69, 9.17) is 10.5 Å². The first-order valence-corrected chi connectivity index (χ1v) is 5.13. The summed E-state index contributed by atoms with van der Waals surface area (Å²) in [4.78, 5) is 0. The fourth-order valence-corrected chi connectivity index (χ4v) is 2.27. The molecule has 2 N–H and O–H groups in total. The highest BCUT2D eigenvalue weighted by Gasteiger charge is 2.21. The summed E-state index contributed by atoms with van der Waals surface area (Å²) in [5.41, 5.74) is 8.74. The number of nitrogens with two attached hydrogens (primary N) is 1. The first-order valence-electron chi connectivity index (χ1n) is 5.13. The minimum Gasteiger partial charge on any atom is -0.497 e. The Morgan fingerprint density at radius 1 is 1.40 bits per heavy atom. The number of fused-ring (bicyclic) bond motifs is 1. The van der Waals surface area contributed by atoms with Crippen LogP contribution in [0.25, 0.3) is 0 Å². The molecule has 2 unspecified atom stereocenters. The van der Waals surface area contributed by atoms with E-state index in [9.17, 15) is 0 Å². The van der Waals surface area contributed by atoms with Crippen molar-refractivity contribution in [1.29, 1.82) is 0 Å². The minimum absolute atomic E-state index is 0. The Morgan fingerprint density at radius 2 is 2.13 bits per heavy atom. The molecular weight excluding hydrogens is 210 g/mol. The van der Waals surface area contributed by atoms with Crippen LogP contribution in [0.1, 0.15) is 30.5 Å². The van der Waals surface area contributed by atoms with E-state index in [2.05, 4.69) is 19.1 Å². The number of rotatable bonds is 1. The Hall–Kier alpha value is -0.730. The highest BCUT2D eigenvalue weighted by Crippen LogP contribution is 2.33. The third-order valence-electron chi connectivity index (χ3n) is 2.97. The van der Waals surface area contributed by atoms with Gasteiger partial charge in [0.25, 0.3) is 0 Å². The van der Waals surface area contributed by atoms with Gasteiger partial charge in [0.1, 0.15) is 5.75 Å². The summed E-state index contributed by atoms with van der Waals surface area (Å²) >= 11 is 0. The van der Waals surface area contributed by atoms with E-state index in [0.29, 0.717) is 5.92 Å². The van der Waals surface area contributed by atoms with Crippen molar-refractivity contribution < 1.29 is 4.74 Å². The lowest BCUT2D eigenvalue weighted by Crippen LogP contribution is -2.22. The lowest BCUT2D eigenvalue weighted by Gasteiger charge is -2.27. The normalized spacial score (nSPS) is 23.9. The van der Waals surface area contributed by atoms with E-state index in [-0.39, 0.29) is 18.4 Å². The van der Waals surface area contributed by atoms with Gasteiger partial charge in [-0.2, -0.15) is 0 Å². The van der Waals surface area contributed by atoms with Crippen molar-refractivity contribution in [2.75, 3.05) is 7.11 Å². The number of hydrogen-bond donors (Lipinski definition) is 1. The zero-order valence-corrected chi connectivity index (χ0v) is 10.0. The zero-order chi connectivity index (χ0) is 10.1. The van der Waals surface area contributed by atoms with E-state index < -0.39 is 0 Å². The van der Waals surface area contributed by atoms with Gasteiger partial charge in [0, 0.05) is 6.04 Å². The molecule has 2 nitrogen and oxygen atoms in total. The molecule has 0 spiro atoms. The van der Waals surface area contributed by atoms with Crippen LogP contribution in [0, 0.1) is 5.92 Å². The third kappa shape index (κ3) is 2.44. The number of hydrogen-bond acceptors (Lipinski definition) is 2. The second-order valence-corrected chi connectivity index (χ2v) is 4.22. The standard InChI is InChI=1S/C12H17NO.ClH/c1-8-5-9-7-10(14-2)3-4-11(9)12(13)6-8;/h3-4,7-8,12H,5-6,13H2,1-2H3;1H. The van der Waals surface area contributed by atoms with Crippen molar-refractivity contribution in [1.82, 2.24) is 0 Å². The van der Waals surface area contributed by atoms with Crippen LogP contribution in [0.4, 0.5) is 0 Å². The highest BCUT2D eigenvalue weighted by atomic mass is 35.5. The van der Waals surface area contributed by atoms with Crippen molar-refractivity contribution in [3.8, 4) is 5.75 Å². The largest absolute Gasteiger partial charge is 0.497 e. The number of ether oxygens (including phenoxy) is 1. The highest BCUT2D eigenvalue weighted by molar-refractivity contribution is 5.85. The molecule has 1 aromatic carbocycles. The van der Waals surface area contributed by atoms with Crippen molar-refractivity contribution >= 4 is 12.4 Å². The Morgan fingerprint density at radius 3 is 2.80 bits per heavy atom. The monoisotopic (exact) mass is 227 g/mol. The van der Waals surface area contributed by atoms with Crippen LogP contribution in [0.15, 0.2) is 18.2 Å². The molecule has 0 heterocycles. The molecule has 0 bridgehead atoms. The quantitative estimate of drug-likeness (QED) is 0.801. The van der Waals surface area contributed by atoms with Crippen LogP contribution in [0.2, 0.25) is 0 Å². The summed E-state index contributed by atoms with van der Waals surface area (Å²) < 4.78 is 5.21. The second-order valence-electron chi connectivity index (χ2n) is 4.22. The van der Waals surface area contributed by atoms with Crippen molar-refractivity contribution in [2.24, 2.45) is 11.7 Å². The predicted molar refractivity (Wildman–Crippen MR) is 64.7 cm³/mol. The van der Waals surface area contributed by atoms with E-state index in [0.717, 1.165) is 18.6 Å². The average molecular weight is 228 g/mol. The van der Waals surface area contributed by atoms with Crippen LogP contribution in [0.5, 0.6) is 5.75 Å². The average Bonchev–Trinajstić information content (AvgIpc) is 2.16. The SMILES string of the molecule is COc1ccc2c(c1)CC(C)CC2N.Cl. The molecule has 1 aliphatic rings.